The molecular weight excluding hydrogens is 270 g/mol. The van der Waals surface area contributed by atoms with Crippen LogP contribution in [0.2, 0.25) is 0 Å². The molecule has 0 radical (unpaired) electrons. The zero-order valence-corrected chi connectivity index (χ0v) is 13.3. The van der Waals surface area contributed by atoms with Crippen LogP contribution in [0.5, 0.6) is 0 Å². The summed E-state index contributed by atoms with van der Waals surface area (Å²) in [5.74, 6) is -1.75. The maximum Gasteiger partial charge on any atom is 0.309 e. The van der Waals surface area contributed by atoms with Crippen LogP contribution in [-0.2, 0) is 23.1 Å². The van der Waals surface area contributed by atoms with Crippen LogP contribution in [0.3, 0.4) is 0 Å². The predicted octanol–water partition coefficient (Wildman–Crippen LogP) is 1.76. The fraction of sp³-hybridized carbons (Fsp3) is 0.667. The smallest absolute Gasteiger partial charge is 0.309 e. The second-order valence-electron chi connectivity index (χ2n) is 6.59. The fourth-order valence-corrected chi connectivity index (χ4v) is 3.18. The van der Waals surface area contributed by atoms with Crippen LogP contribution < -0.4 is 0 Å². The third-order valence-corrected chi connectivity index (χ3v) is 3.95. The highest BCUT2D eigenvalue weighted by Gasteiger charge is 2.49. The zero-order chi connectivity index (χ0) is 15.9. The van der Waals surface area contributed by atoms with Gasteiger partial charge in [-0.2, -0.15) is 5.10 Å². The van der Waals surface area contributed by atoms with E-state index < -0.39 is 23.5 Å². The van der Waals surface area contributed by atoms with Crippen molar-refractivity contribution in [3.05, 3.63) is 17.5 Å². The molecule has 1 aliphatic rings. The number of carbonyl (C=O) groups is 2. The average Bonchev–Trinajstić information content (AvgIpc) is 2.88. The molecule has 0 aliphatic carbocycles. The molecule has 2 heterocycles. The first-order valence-electron chi connectivity index (χ1n) is 7.24. The molecule has 1 aliphatic heterocycles. The summed E-state index contributed by atoms with van der Waals surface area (Å²) < 4.78 is 1.69. The molecule has 1 saturated heterocycles. The van der Waals surface area contributed by atoms with Gasteiger partial charge in [0.15, 0.2) is 0 Å². The summed E-state index contributed by atoms with van der Waals surface area (Å²) in [6, 6.07) is -0.446. The van der Waals surface area contributed by atoms with E-state index in [4.69, 9.17) is 0 Å². The van der Waals surface area contributed by atoms with Crippen molar-refractivity contribution in [1.82, 2.24) is 14.7 Å². The van der Waals surface area contributed by atoms with E-state index in [2.05, 4.69) is 5.10 Å². The molecule has 1 aromatic heterocycles. The van der Waals surface area contributed by atoms with Crippen molar-refractivity contribution < 1.29 is 14.7 Å². The average molecular weight is 293 g/mol. The minimum atomic E-state index is -0.925. The Labute approximate surface area is 124 Å². The van der Waals surface area contributed by atoms with Gasteiger partial charge in [-0.1, -0.05) is 6.92 Å². The second-order valence-corrected chi connectivity index (χ2v) is 6.59. The highest BCUT2D eigenvalue weighted by Crippen LogP contribution is 2.43. The first-order chi connectivity index (χ1) is 9.66. The summed E-state index contributed by atoms with van der Waals surface area (Å²) in [7, 11) is 1.82. The van der Waals surface area contributed by atoms with E-state index in [0.29, 0.717) is 6.42 Å². The predicted molar refractivity (Wildman–Crippen MR) is 77.7 cm³/mol. The molecule has 0 aromatic carbocycles. The topological polar surface area (TPSA) is 75.4 Å². The second kappa shape index (κ2) is 5.16. The molecular formula is C15H23N3O3. The third-order valence-electron chi connectivity index (χ3n) is 3.95. The van der Waals surface area contributed by atoms with Gasteiger partial charge in [-0.05, 0) is 27.2 Å². The monoisotopic (exact) mass is 293 g/mol. The molecule has 6 heteroatoms. The Hall–Kier alpha value is -1.85. The minimum Gasteiger partial charge on any atom is -0.481 e. The molecule has 2 atom stereocenters. The van der Waals surface area contributed by atoms with Crippen LogP contribution in [0.25, 0.3) is 0 Å². The number of carbonyl (C=O) groups excluding carboxylic acids is 1. The first kappa shape index (κ1) is 15.5. The normalized spacial score (nSPS) is 22.9. The lowest BCUT2D eigenvalue weighted by atomic mass is 9.91. The number of carboxylic acid groups (broad SMARTS) is 1. The summed E-state index contributed by atoms with van der Waals surface area (Å²) in [5.41, 5.74) is 1.29. The Bertz CT molecular complexity index is 571. The third kappa shape index (κ3) is 2.66. The highest BCUT2D eigenvalue weighted by molar-refractivity contribution is 5.88. The van der Waals surface area contributed by atoms with Crippen molar-refractivity contribution in [2.45, 2.75) is 52.1 Å². The molecule has 6 nitrogen and oxygen atoms in total. The molecule has 1 aromatic rings. The van der Waals surface area contributed by atoms with E-state index in [0.717, 1.165) is 11.3 Å². The molecule has 0 saturated carbocycles. The molecule has 116 valence electrons. The van der Waals surface area contributed by atoms with Crippen LogP contribution in [0, 0.1) is 5.92 Å². The Morgan fingerprint density at radius 3 is 2.57 bits per heavy atom. The van der Waals surface area contributed by atoms with Crippen LogP contribution in [0.1, 0.15) is 51.4 Å². The summed E-state index contributed by atoms with van der Waals surface area (Å²) in [4.78, 5) is 25.7. The Morgan fingerprint density at radius 2 is 2.10 bits per heavy atom. The molecule has 2 unspecified atom stereocenters. The lowest BCUT2D eigenvalue weighted by molar-refractivity contribution is -0.142. The van der Waals surface area contributed by atoms with E-state index in [1.807, 2.05) is 40.9 Å². The van der Waals surface area contributed by atoms with E-state index in [9.17, 15) is 14.7 Å². The molecule has 1 fully saturated rings. The van der Waals surface area contributed by atoms with Gasteiger partial charge < -0.3 is 10.0 Å². The largest absolute Gasteiger partial charge is 0.481 e. The molecule has 1 amide bonds. The standard InChI is InChI=1S/C15H23N3O3/c1-6-11-10(8-17(5)16-11)13-9(14(20)21)7-12(19)18(13)15(2,3)4/h8-9,13H,6-7H2,1-5H3,(H,20,21). The molecule has 1 N–H and O–H groups in total. The Kier molecular flexibility index (Phi) is 3.82. The number of nitrogens with zero attached hydrogens (tertiary/aromatic N) is 3. The van der Waals surface area contributed by atoms with Crippen molar-refractivity contribution in [3.8, 4) is 0 Å². The first-order valence-corrected chi connectivity index (χ1v) is 7.24. The summed E-state index contributed by atoms with van der Waals surface area (Å²) in [6.07, 6.45) is 2.61. The van der Waals surface area contributed by atoms with Gasteiger partial charge in [0.2, 0.25) is 5.91 Å². The number of aliphatic carboxylic acids is 1. The number of carboxylic acids is 1. The number of rotatable bonds is 3. The van der Waals surface area contributed by atoms with Crippen LogP contribution >= 0.6 is 0 Å². The van der Waals surface area contributed by atoms with Crippen molar-refractivity contribution in [3.63, 3.8) is 0 Å². The number of amides is 1. The maximum absolute atomic E-state index is 12.4. The lowest BCUT2D eigenvalue weighted by Gasteiger charge is -2.38. The molecule has 21 heavy (non-hydrogen) atoms. The quantitative estimate of drug-likeness (QED) is 0.921. The molecule has 2 rings (SSSR count). The van der Waals surface area contributed by atoms with Gasteiger partial charge in [0.05, 0.1) is 17.7 Å². The molecule has 0 spiro atoms. The van der Waals surface area contributed by atoms with Crippen LogP contribution in [0.4, 0.5) is 0 Å². The maximum atomic E-state index is 12.4. The summed E-state index contributed by atoms with van der Waals surface area (Å²) in [6.45, 7) is 7.79. The van der Waals surface area contributed by atoms with Crippen LogP contribution in [0.15, 0.2) is 6.20 Å². The van der Waals surface area contributed by atoms with E-state index >= 15 is 0 Å². The van der Waals surface area contributed by atoms with Crippen molar-refractivity contribution in [2.24, 2.45) is 13.0 Å². The van der Waals surface area contributed by atoms with Gasteiger partial charge in [0.25, 0.3) is 0 Å². The zero-order valence-electron chi connectivity index (χ0n) is 13.3. The van der Waals surface area contributed by atoms with Crippen molar-refractivity contribution in [1.29, 1.82) is 0 Å². The van der Waals surface area contributed by atoms with Gasteiger partial charge in [-0.25, -0.2) is 0 Å². The van der Waals surface area contributed by atoms with Crippen LogP contribution in [-0.4, -0.2) is 37.2 Å². The number of aromatic nitrogens is 2. The Balaban J connectivity index is 2.57. The number of likely N-dealkylation sites (tertiary alicyclic amines) is 1. The fourth-order valence-electron chi connectivity index (χ4n) is 3.18. The number of hydrogen-bond donors (Lipinski definition) is 1. The van der Waals surface area contributed by atoms with Gasteiger partial charge in [0, 0.05) is 30.8 Å². The molecule has 0 bridgehead atoms. The van der Waals surface area contributed by atoms with Crippen molar-refractivity contribution in [2.75, 3.05) is 0 Å². The lowest BCUT2D eigenvalue weighted by Crippen LogP contribution is -2.44. The van der Waals surface area contributed by atoms with E-state index in [-0.39, 0.29) is 12.3 Å². The minimum absolute atomic E-state index is 0.0509. The van der Waals surface area contributed by atoms with Crippen molar-refractivity contribution >= 4 is 11.9 Å². The van der Waals surface area contributed by atoms with Gasteiger partial charge >= 0.3 is 5.97 Å². The van der Waals surface area contributed by atoms with Gasteiger partial charge in [0.1, 0.15) is 0 Å². The SMILES string of the molecule is CCc1nn(C)cc1C1C(C(=O)O)CC(=O)N1C(C)(C)C. The Morgan fingerprint density at radius 1 is 1.48 bits per heavy atom. The summed E-state index contributed by atoms with van der Waals surface area (Å²) in [5, 5.41) is 13.9. The number of aryl methyl sites for hydroxylation is 2. The van der Waals surface area contributed by atoms with Gasteiger partial charge in [-0.3, -0.25) is 14.3 Å². The van der Waals surface area contributed by atoms with Gasteiger partial charge in [-0.15, -0.1) is 0 Å². The number of hydrogen-bond acceptors (Lipinski definition) is 3. The highest BCUT2D eigenvalue weighted by atomic mass is 16.4. The summed E-state index contributed by atoms with van der Waals surface area (Å²) >= 11 is 0. The van der Waals surface area contributed by atoms with E-state index in [1.165, 1.54) is 0 Å². The van der Waals surface area contributed by atoms with E-state index in [1.54, 1.807) is 9.58 Å².